The number of hydrogen-bond acceptors (Lipinski definition) is 4. The fraction of sp³-hybridized carbons (Fsp3) is 0.222. The van der Waals surface area contributed by atoms with Crippen LogP contribution >= 0.6 is 0 Å². The summed E-state index contributed by atoms with van der Waals surface area (Å²) >= 11 is 0. The highest BCUT2D eigenvalue weighted by Crippen LogP contribution is 2.17. The Morgan fingerprint density at radius 2 is 2.00 bits per heavy atom. The van der Waals surface area contributed by atoms with E-state index in [9.17, 15) is 0 Å². The summed E-state index contributed by atoms with van der Waals surface area (Å²) in [5.41, 5.74) is 2.41. The topological polar surface area (TPSA) is 52.0 Å². The van der Waals surface area contributed by atoms with Crippen LogP contribution in [0, 0.1) is 0 Å². The van der Waals surface area contributed by atoms with E-state index in [2.05, 4.69) is 45.7 Å². The number of nitrogens with one attached hydrogen (secondary N) is 1. The zero-order valence-corrected chi connectivity index (χ0v) is 13.1. The molecule has 0 spiro atoms. The molecule has 5 nitrogen and oxygen atoms in total. The molecule has 1 unspecified atom stereocenters. The van der Waals surface area contributed by atoms with Gasteiger partial charge in [-0.15, -0.1) is 0 Å². The lowest BCUT2D eigenvalue weighted by atomic mass is 10.1. The Balaban J connectivity index is 1.73. The van der Waals surface area contributed by atoms with Crippen LogP contribution in [0.4, 0.5) is 0 Å². The van der Waals surface area contributed by atoms with Gasteiger partial charge in [-0.3, -0.25) is 4.68 Å². The first kappa shape index (κ1) is 15.2. The standard InChI is InChI=1S/C18H20N4O/c1-23-17-9-5-6-15(10-17)11-20-18(12-22-14-19-13-21-22)16-7-3-2-4-8-16/h2-10,13-14,18,20H,11-12H2,1H3. The van der Waals surface area contributed by atoms with Gasteiger partial charge in [0.05, 0.1) is 19.7 Å². The molecule has 0 fully saturated rings. The van der Waals surface area contributed by atoms with Crippen molar-refractivity contribution >= 4 is 0 Å². The summed E-state index contributed by atoms with van der Waals surface area (Å²) in [6.45, 7) is 1.49. The molecule has 0 bridgehead atoms. The number of aromatic nitrogens is 3. The van der Waals surface area contributed by atoms with Gasteiger partial charge in [-0.1, -0.05) is 42.5 Å². The zero-order chi connectivity index (χ0) is 15.9. The van der Waals surface area contributed by atoms with E-state index < -0.39 is 0 Å². The molecule has 3 aromatic rings. The summed E-state index contributed by atoms with van der Waals surface area (Å²) in [5.74, 6) is 0.872. The van der Waals surface area contributed by atoms with Crippen molar-refractivity contribution in [2.75, 3.05) is 7.11 Å². The van der Waals surface area contributed by atoms with E-state index in [1.807, 2.05) is 28.9 Å². The minimum Gasteiger partial charge on any atom is -0.497 e. The average Bonchev–Trinajstić information content (AvgIpc) is 3.12. The molecule has 1 heterocycles. The highest BCUT2D eigenvalue weighted by Gasteiger charge is 2.12. The van der Waals surface area contributed by atoms with E-state index in [0.717, 1.165) is 18.8 Å². The molecule has 1 aromatic heterocycles. The van der Waals surface area contributed by atoms with E-state index >= 15 is 0 Å². The van der Waals surface area contributed by atoms with Gasteiger partial charge >= 0.3 is 0 Å². The quantitative estimate of drug-likeness (QED) is 0.729. The number of rotatable bonds is 7. The number of benzene rings is 2. The Labute approximate surface area is 135 Å². The van der Waals surface area contributed by atoms with Gasteiger partial charge in [-0.05, 0) is 23.3 Å². The number of nitrogens with zero attached hydrogens (tertiary/aromatic N) is 3. The van der Waals surface area contributed by atoms with E-state index in [4.69, 9.17) is 4.74 Å². The van der Waals surface area contributed by atoms with Crippen LogP contribution in [-0.4, -0.2) is 21.9 Å². The molecule has 0 aliphatic heterocycles. The van der Waals surface area contributed by atoms with E-state index in [0.29, 0.717) is 0 Å². The van der Waals surface area contributed by atoms with Gasteiger partial charge in [-0.2, -0.15) is 5.10 Å². The van der Waals surface area contributed by atoms with Crippen LogP contribution in [0.25, 0.3) is 0 Å². The maximum absolute atomic E-state index is 5.28. The monoisotopic (exact) mass is 308 g/mol. The van der Waals surface area contributed by atoms with Gasteiger partial charge in [0.1, 0.15) is 18.4 Å². The molecule has 5 heteroatoms. The van der Waals surface area contributed by atoms with Crippen LogP contribution in [0.5, 0.6) is 5.75 Å². The molecular formula is C18H20N4O. The van der Waals surface area contributed by atoms with Crippen molar-refractivity contribution in [3.05, 3.63) is 78.4 Å². The van der Waals surface area contributed by atoms with Gasteiger partial charge in [0.25, 0.3) is 0 Å². The van der Waals surface area contributed by atoms with Gasteiger partial charge in [0.2, 0.25) is 0 Å². The van der Waals surface area contributed by atoms with Gasteiger partial charge in [-0.25, -0.2) is 4.98 Å². The minimum absolute atomic E-state index is 0.157. The fourth-order valence-electron chi connectivity index (χ4n) is 2.51. The zero-order valence-electron chi connectivity index (χ0n) is 13.1. The Hall–Kier alpha value is -2.66. The molecule has 118 valence electrons. The van der Waals surface area contributed by atoms with Crippen molar-refractivity contribution < 1.29 is 4.74 Å². The highest BCUT2D eigenvalue weighted by molar-refractivity contribution is 5.28. The molecule has 0 aliphatic rings. The average molecular weight is 308 g/mol. The molecule has 23 heavy (non-hydrogen) atoms. The van der Waals surface area contributed by atoms with Crippen LogP contribution in [0.2, 0.25) is 0 Å². The lowest BCUT2D eigenvalue weighted by Crippen LogP contribution is -2.25. The molecule has 2 aromatic carbocycles. The van der Waals surface area contributed by atoms with E-state index in [1.54, 1.807) is 19.8 Å². The smallest absolute Gasteiger partial charge is 0.137 e. The van der Waals surface area contributed by atoms with E-state index in [1.165, 1.54) is 11.1 Å². The van der Waals surface area contributed by atoms with Crippen molar-refractivity contribution in [1.82, 2.24) is 20.1 Å². The Kier molecular flexibility index (Phi) is 5.01. The molecule has 0 aliphatic carbocycles. The van der Waals surface area contributed by atoms with Gasteiger partial charge < -0.3 is 10.1 Å². The maximum Gasteiger partial charge on any atom is 0.137 e. The molecule has 1 atom stereocenters. The second-order valence-electron chi connectivity index (χ2n) is 5.31. The van der Waals surface area contributed by atoms with Crippen LogP contribution in [0.1, 0.15) is 17.2 Å². The van der Waals surface area contributed by atoms with Crippen molar-refractivity contribution in [2.24, 2.45) is 0 Å². The van der Waals surface area contributed by atoms with Crippen LogP contribution in [0.15, 0.2) is 67.3 Å². The third kappa shape index (κ3) is 4.17. The van der Waals surface area contributed by atoms with Crippen molar-refractivity contribution in [1.29, 1.82) is 0 Å². The first-order valence-corrected chi connectivity index (χ1v) is 7.59. The van der Waals surface area contributed by atoms with Crippen molar-refractivity contribution in [3.8, 4) is 5.75 Å². The van der Waals surface area contributed by atoms with E-state index in [-0.39, 0.29) is 6.04 Å². The first-order valence-electron chi connectivity index (χ1n) is 7.59. The number of hydrogen-bond donors (Lipinski definition) is 1. The third-order valence-electron chi connectivity index (χ3n) is 3.72. The number of methoxy groups -OCH3 is 1. The third-order valence-corrected chi connectivity index (χ3v) is 3.72. The SMILES string of the molecule is COc1cccc(CNC(Cn2cncn2)c2ccccc2)c1. The summed E-state index contributed by atoms with van der Waals surface area (Å²) in [6.07, 6.45) is 3.30. The predicted molar refractivity (Wildman–Crippen MR) is 89.0 cm³/mol. The van der Waals surface area contributed by atoms with Crippen LogP contribution < -0.4 is 10.1 Å². The molecule has 1 N–H and O–H groups in total. The summed E-state index contributed by atoms with van der Waals surface area (Å²) in [5, 5.41) is 7.81. The van der Waals surface area contributed by atoms with Gasteiger partial charge in [0.15, 0.2) is 0 Å². The van der Waals surface area contributed by atoms with Crippen LogP contribution in [0.3, 0.4) is 0 Å². The van der Waals surface area contributed by atoms with Crippen molar-refractivity contribution in [2.45, 2.75) is 19.1 Å². The highest BCUT2D eigenvalue weighted by atomic mass is 16.5. The lowest BCUT2D eigenvalue weighted by Gasteiger charge is -2.19. The summed E-state index contributed by atoms with van der Waals surface area (Å²) in [4.78, 5) is 4.02. The molecule has 0 radical (unpaired) electrons. The Morgan fingerprint density at radius 3 is 2.74 bits per heavy atom. The predicted octanol–water partition coefficient (Wildman–Crippen LogP) is 2.82. The number of ether oxygens (including phenoxy) is 1. The Morgan fingerprint density at radius 1 is 1.13 bits per heavy atom. The Bertz CT molecular complexity index is 713. The molecule has 3 rings (SSSR count). The second-order valence-corrected chi connectivity index (χ2v) is 5.31. The second kappa shape index (κ2) is 7.56. The fourth-order valence-corrected chi connectivity index (χ4v) is 2.51. The van der Waals surface area contributed by atoms with Crippen LogP contribution in [-0.2, 0) is 13.1 Å². The normalized spacial score (nSPS) is 12.0. The summed E-state index contributed by atoms with van der Waals surface area (Å²) in [6, 6.07) is 18.6. The molecule has 0 saturated heterocycles. The molecule has 0 saturated carbocycles. The maximum atomic E-state index is 5.28. The summed E-state index contributed by atoms with van der Waals surface area (Å²) < 4.78 is 7.12. The minimum atomic E-state index is 0.157. The largest absolute Gasteiger partial charge is 0.497 e. The summed E-state index contributed by atoms with van der Waals surface area (Å²) in [7, 11) is 1.68. The van der Waals surface area contributed by atoms with Crippen molar-refractivity contribution in [3.63, 3.8) is 0 Å². The lowest BCUT2D eigenvalue weighted by molar-refractivity contribution is 0.412. The first-order chi connectivity index (χ1) is 11.3. The molecule has 0 amide bonds. The van der Waals surface area contributed by atoms with Gasteiger partial charge in [0, 0.05) is 6.54 Å². The molecular weight excluding hydrogens is 288 g/mol.